The van der Waals surface area contributed by atoms with E-state index in [4.69, 9.17) is 50.1 Å². The van der Waals surface area contributed by atoms with Gasteiger partial charge in [0.15, 0.2) is 0 Å². The van der Waals surface area contributed by atoms with E-state index in [9.17, 15) is 29.7 Å². The molecule has 4 N–H and O–H groups in total. The number of carboxylic acid groups (broad SMARTS) is 9. The fourth-order valence-electron chi connectivity index (χ4n) is 0.684. The van der Waals surface area contributed by atoms with Gasteiger partial charge in [0.2, 0.25) is 18.5 Å². The SMILES string of the molecule is O=C([O-])CC(O)(CC(=O)[O-])C(=O)[O-].O=C([O-])O.O=C([O-])O.O=C([O-])O.[H+].[H+].[Na+].[Na+].[Na+].[Na+]. The Morgan fingerprint density at radius 1 is 0.586 bits per heavy atom. The van der Waals surface area contributed by atoms with Gasteiger partial charge in [-0.3, -0.25) is 0 Å². The average Bonchev–Trinajstić information content (AvgIpc) is 2.22. The molecule has 0 amide bonds. The Bertz CT molecular complexity index is 449. The monoisotopic (exact) mass is 466 g/mol. The summed E-state index contributed by atoms with van der Waals surface area (Å²) < 4.78 is 0. The van der Waals surface area contributed by atoms with Gasteiger partial charge in [-0.15, -0.1) is 0 Å². The number of hydrogen-bond donors (Lipinski definition) is 4. The molecule has 20 heteroatoms. The molecule has 0 fully saturated rings. The number of carboxylic acids is 3. The summed E-state index contributed by atoms with van der Waals surface area (Å²) in [6, 6.07) is 0. The van der Waals surface area contributed by atoms with Crippen molar-refractivity contribution in [2.75, 3.05) is 0 Å². The molecule has 0 aliphatic carbocycles. The van der Waals surface area contributed by atoms with Crippen LogP contribution < -0.4 is 149 Å². The Kier molecular flexibility index (Phi) is 54.1. The molecule has 0 saturated heterocycles. The molecule has 0 aromatic rings. The normalized spacial score (nSPS) is 7.34. The zero-order valence-electron chi connectivity index (χ0n) is 17.6. The summed E-state index contributed by atoms with van der Waals surface area (Å²) in [6.07, 6.45) is -8.97. The molecule has 0 radical (unpaired) electrons. The van der Waals surface area contributed by atoms with E-state index in [1.807, 2.05) is 0 Å². The van der Waals surface area contributed by atoms with E-state index in [-0.39, 0.29) is 121 Å². The molecule has 0 aliphatic rings. The molecule has 0 bridgehead atoms. The molecule has 0 heterocycles. The van der Waals surface area contributed by atoms with Gasteiger partial charge in [-0.1, -0.05) is 0 Å². The van der Waals surface area contributed by atoms with Gasteiger partial charge < -0.3 is 79.8 Å². The van der Waals surface area contributed by atoms with Crippen LogP contribution in [-0.4, -0.2) is 62.4 Å². The molecule has 0 saturated carbocycles. The largest absolute Gasteiger partial charge is 1.00 e. The summed E-state index contributed by atoms with van der Waals surface area (Å²) in [5, 5.41) is 84.8. The van der Waals surface area contributed by atoms with Crippen LogP contribution in [0.2, 0.25) is 0 Å². The summed E-state index contributed by atoms with van der Waals surface area (Å²) >= 11 is 0. The summed E-state index contributed by atoms with van der Waals surface area (Å²) in [5.74, 6) is -5.98. The molecular formula is C9H10Na4O16. The molecule has 0 aromatic heterocycles. The molecule has 0 aromatic carbocycles. The van der Waals surface area contributed by atoms with E-state index in [0.717, 1.165) is 0 Å². The van der Waals surface area contributed by atoms with E-state index in [1.165, 1.54) is 0 Å². The van der Waals surface area contributed by atoms with Gasteiger partial charge in [-0.25, -0.2) is 0 Å². The summed E-state index contributed by atoms with van der Waals surface area (Å²) in [4.78, 5) is 55.3. The Balaban J connectivity index is -0.0000000262. The van der Waals surface area contributed by atoms with Gasteiger partial charge >= 0.3 is 121 Å². The van der Waals surface area contributed by atoms with Crippen molar-refractivity contribution < 1.29 is 201 Å². The molecule has 0 atom stereocenters. The number of rotatable bonds is 5. The first kappa shape index (κ1) is 51.7. The topological polar surface area (TPSA) is 322 Å². The van der Waals surface area contributed by atoms with Crippen LogP contribution in [-0.2, 0) is 14.4 Å². The van der Waals surface area contributed by atoms with E-state index in [1.54, 1.807) is 0 Å². The molecule has 0 aliphatic heterocycles. The molecule has 16 nitrogen and oxygen atoms in total. The Labute approximate surface area is 252 Å². The van der Waals surface area contributed by atoms with E-state index in [0.29, 0.717) is 0 Å². The van der Waals surface area contributed by atoms with Crippen LogP contribution in [0.1, 0.15) is 15.7 Å². The van der Waals surface area contributed by atoms with Gasteiger partial charge in [-0.2, -0.15) is 0 Å². The molecule has 146 valence electrons. The number of carbonyl (C=O) groups is 6. The average molecular weight is 466 g/mol. The zero-order chi connectivity index (χ0) is 21.4. The smallest absolute Gasteiger partial charge is 0.565 e. The van der Waals surface area contributed by atoms with Crippen molar-refractivity contribution in [3.05, 3.63) is 0 Å². The third-order valence-corrected chi connectivity index (χ3v) is 1.25. The Hall–Kier alpha value is 0.180. The quantitative estimate of drug-likeness (QED) is 0.273. The van der Waals surface area contributed by atoms with Crippen LogP contribution in [0.3, 0.4) is 0 Å². The van der Waals surface area contributed by atoms with E-state index in [2.05, 4.69) is 0 Å². The second-order valence-corrected chi connectivity index (χ2v) is 3.21. The predicted octanol–water partition coefficient (Wildman–Crippen LogP) is -20.3. The van der Waals surface area contributed by atoms with Crippen molar-refractivity contribution in [3.63, 3.8) is 0 Å². The third-order valence-electron chi connectivity index (χ3n) is 1.25. The maximum absolute atomic E-state index is 10.1. The van der Waals surface area contributed by atoms with Crippen molar-refractivity contribution in [3.8, 4) is 0 Å². The number of aliphatic hydroxyl groups is 1. The molecular weight excluding hydrogens is 456 g/mol. The van der Waals surface area contributed by atoms with Crippen molar-refractivity contribution in [1.29, 1.82) is 0 Å². The molecule has 0 unspecified atom stereocenters. The minimum Gasteiger partial charge on any atom is -0.565 e. The maximum atomic E-state index is 10.1. The Morgan fingerprint density at radius 3 is 0.793 bits per heavy atom. The zero-order valence-corrected chi connectivity index (χ0v) is 23.6. The van der Waals surface area contributed by atoms with Crippen molar-refractivity contribution >= 4 is 36.4 Å². The second-order valence-electron chi connectivity index (χ2n) is 3.21. The van der Waals surface area contributed by atoms with Crippen molar-refractivity contribution in [1.82, 2.24) is 0 Å². The van der Waals surface area contributed by atoms with E-state index < -0.39 is 54.8 Å². The van der Waals surface area contributed by atoms with Gasteiger partial charge in [0.05, 0.1) is 5.97 Å². The van der Waals surface area contributed by atoms with Crippen LogP contribution in [0.15, 0.2) is 0 Å². The summed E-state index contributed by atoms with van der Waals surface area (Å²) in [7, 11) is 0. The molecule has 0 rings (SSSR count). The first-order valence-electron chi connectivity index (χ1n) is 5.01. The van der Waals surface area contributed by atoms with Gasteiger partial charge in [-0.05, 0) is 0 Å². The number of hydrogen-bond acceptors (Lipinski definition) is 13. The standard InChI is InChI=1S/C6H8O7.3CH2O3.4Na/c7-3(8)1-6(13,5(11)12)2-4(9)10;3*2-1(3)4;;;;/h13H,1-2H2,(H,7,8)(H,9,10)(H,11,12);3*(H2,2,3,4);;;;/q;;;;4*+1/p-4. The first-order chi connectivity index (χ1) is 11.0. The van der Waals surface area contributed by atoms with Crippen LogP contribution in [0.25, 0.3) is 0 Å². The minimum atomic E-state index is -2.97. The fourth-order valence-corrected chi connectivity index (χ4v) is 0.684. The molecule has 0 spiro atoms. The maximum Gasteiger partial charge on any atom is 1.00 e. The van der Waals surface area contributed by atoms with Crippen molar-refractivity contribution in [2.24, 2.45) is 0 Å². The van der Waals surface area contributed by atoms with Crippen LogP contribution in [0.4, 0.5) is 14.4 Å². The van der Waals surface area contributed by atoms with Gasteiger partial charge in [0, 0.05) is 24.8 Å². The Morgan fingerprint density at radius 2 is 0.724 bits per heavy atom. The number of carbonyl (C=O) groups excluding carboxylic acids is 3. The fraction of sp³-hybridized carbons (Fsp3) is 0.333. The first-order valence-corrected chi connectivity index (χ1v) is 5.01. The van der Waals surface area contributed by atoms with Gasteiger partial charge in [0.1, 0.15) is 5.60 Å². The number of aliphatic carboxylic acids is 3. The van der Waals surface area contributed by atoms with Crippen LogP contribution >= 0.6 is 0 Å². The van der Waals surface area contributed by atoms with Crippen molar-refractivity contribution in [2.45, 2.75) is 18.4 Å². The minimum absolute atomic E-state index is 0. The molecule has 29 heavy (non-hydrogen) atoms. The third kappa shape index (κ3) is 73.8. The van der Waals surface area contributed by atoms with Gasteiger partial charge in [0.25, 0.3) is 0 Å². The second kappa shape index (κ2) is 30.4. The van der Waals surface area contributed by atoms with Crippen LogP contribution in [0.5, 0.6) is 0 Å². The summed E-state index contributed by atoms with van der Waals surface area (Å²) in [6.45, 7) is 0. The van der Waals surface area contributed by atoms with Crippen LogP contribution in [0, 0.1) is 0 Å². The predicted molar refractivity (Wildman–Crippen MR) is 55.5 cm³/mol. The van der Waals surface area contributed by atoms with E-state index >= 15 is 0 Å². The summed E-state index contributed by atoms with van der Waals surface area (Å²) in [5.41, 5.74) is -2.97.